The monoisotopic (exact) mass is 269 g/mol. The van der Waals surface area contributed by atoms with Crippen molar-refractivity contribution in [3.63, 3.8) is 0 Å². The third-order valence-corrected chi connectivity index (χ3v) is 3.39. The summed E-state index contributed by atoms with van der Waals surface area (Å²) in [5.41, 5.74) is 0.367. The predicted octanol–water partition coefficient (Wildman–Crippen LogP) is 2.90. The van der Waals surface area contributed by atoms with Crippen molar-refractivity contribution in [1.29, 1.82) is 0 Å². The molecule has 0 bridgehead atoms. The fourth-order valence-corrected chi connectivity index (χ4v) is 2.44. The largest absolute Gasteiger partial charge is 0.305 e. The van der Waals surface area contributed by atoms with Crippen LogP contribution < -0.4 is 0 Å². The highest BCUT2D eigenvalue weighted by atomic mass is 32.2. The Labute approximate surface area is 108 Å². The third-order valence-electron chi connectivity index (χ3n) is 2.33. The van der Waals surface area contributed by atoms with Crippen LogP contribution in [0.15, 0.2) is 34.3 Å². The van der Waals surface area contributed by atoms with Crippen LogP contribution in [0.25, 0.3) is 0 Å². The summed E-state index contributed by atoms with van der Waals surface area (Å²) in [6.07, 6.45) is 3.36. The van der Waals surface area contributed by atoms with Crippen LogP contribution in [0.2, 0.25) is 0 Å². The van der Waals surface area contributed by atoms with Crippen molar-refractivity contribution in [2.24, 2.45) is 0 Å². The summed E-state index contributed by atoms with van der Waals surface area (Å²) in [7, 11) is 3.63. The Morgan fingerprint density at radius 1 is 1.33 bits per heavy atom. The summed E-state index contributed by atoms with van der Waals surface area (Å²) < 4.78 is 27.1. The molecule has 0 saturated carbocycles. The Kier molecular flexibility index (Phi) is 3.98. The van der Waals surface area contributed by atoms with E-state index in [1.807, 2.05) is 14.1 Å². The van der Waals surface area contributed by atoms with Gasteiger partial charge in [-0.1, -0.05) is 11.8 Å². The molecule has 3 nitrogen and oxygen atoms in total. The van der Waals surface area contributed by atoms with Crippen LogP contribution in [0.1, 0.15) is 5.56 Å². The molecule has 0 aliphatic heterocycles. The van der Waals surface area contributed by atoms with E-state index >= 15 is 0 Å². The first-order valence-corrected chi connectivity index (χ1v) is 6.18. The molecule has 2 aromatic rings. The van der Waals surface area contributed by atoms with E-state index in [9.17, 15) is 8.78 Å². The lowest BCUT2D eigenvalue weighted by molar-refractivity contribution is 0.381. The Morgan fingerprint density at radius 2 is 2.11 bits per heavy atom. The Bertz CT molecular complexity index is 526. The van der Waals surface area contributed by atoms with Gasteiger partial charge in [0, 0.05) is 28.1 Å². The fraction of sp³-hybridized carbons (Fsp3) is 0.250. The van der Waals surface area contributed by atoms with Gasteiger partial charge < -0.3 is 4.90 Å². The van der Waals surface area contributed by atoms with Crippen LogP contribution >= 0.6 is 11.8 Å². The van der Waals surface area contributed by atoms with Gasteiger partial charge in [0.25, 0.3) is 0 Å². The normalized spacial score (nSPS) is 11.2. The minimum Gasteiger partial charge on any atom is -0.305 e. The van der Waals surface area contributed by atoms with E-state index in [0.717, 1.165) is 11.0 Å². The number of aromatic nitrogens is 2. The number of hydrogen-bond acceptors (Lipinski definition) is 3. The maximum Gasteiger partial charge on any atom is 0.164 e. The van der Waals surface area contributed by atoms with Gasteiger partial charge in [0.05, 0.1) is 6.20 Å². The van der Waals surface area contributed by atoms with Gasteiger partial charge in [-0.3, -0.25) is 5.10 Å². The standard InChI is InChI=1S/C12H13F2N3S/c1-17(2)7-9-11(4-3-10(13)12(9)14)18-8-5-15-16-6-8/h3-6H,7H2,1-2H3,(H,15,16). The van der Waals surface area contributed by atoms with Crippen LogP contribution in [0.3, 0.4) is 0 Å². The first-order valence-electron chi connectivity index (χ1n) is 5.36. The van der Waals surface area contributed by atoms with Crippen LogP contribution in [-0.4, -0.2) is 29.2 Å². The first kappa shape index (κ1) is 13.0. The lowest BCUT2D eigenvalue weighted by atomic mass is 10.2. The highest BCUT2D eigenvalue weighted by Gasteiger charge is 2.15. The molecule has 1 heterocycles. The minimum absolute atomic E-state index is 0.351. The number of benzene rings is 1. The van der Waals surface area contributed by atoms with Crippen LogP contribution in [-0.2, 0) is 6.54 Å². The number of hydrogen-bond donors (Lipinski definition) is 1. The van der Waals surface area contributed by atoms with Crippen molar-refractivity contribution in [2.75, 3.05) is 14.1 Å². The van der Waals surface area contributed by atoms with E-state index in [1.54, 1.807) is 23.4 Å². The van der Waals surface area contributed by atoms with E-state index in [0.29, 0.717) is 17.0 Å². The highest BCUT2D eigenvalue weighted by molar-refractivity contribution is 7.99. The Morgan fingerprint density at radius 3 is 2.72 bits per heavy atom. The van der Waals surface area contributed by atoms with Gasteiger partial charge in [0.15, 0.2) is 11.6 Å². The molecule has 0 radical (unpaired) electrons. The molecule has 0 amide bonds. The average molecular weight is 269 g/mol. The molecule has 1 aromatic carbocycles. The zero-order valence-corrected chi connectivity index (χ0v) is 10.9. The van der Waals surface area contributed by atoms with Gasteiger partial charge in [-0.05, 0) is 26.2 Å². The third kappa shape index (κ3) is 2.88. The molecule has 0 saturated heterocycles. The summed E-state index contributed by atoms with van der Waals surface area (Å²) in [5.74, 6) is -1.60. The second-order valence-corrected chi connectivity index (χ2v) is 5.23. The number of nitrogens with zero attached hydrogens (tertiary/aromatic N) is 2. The second kappa shape index (κ2) is 5.49. The number of aromatic amines is 1. The molecule has 0 aliphatic carbocycles. The summed E-state index contributed by atoms with van der Waals surface area (Å²) in [6, 6.07) is 2.74. The van der Waals surface area contributed by atoms with E-state index in [-0.39, 0.29) is 0 Å². The maximum absolute atomic E-state index is 13.8. The van der Waals surface area contributed by atoms with E-state index in [4.69, 9.17) is 0 Å². The summed E-state index contributed by atoms with van der Waals surface area (Å²) in [5, 5.41) is 6.51. The van der Waals surface area contributed by atoms with Gasteiger partial charge in [0.1, 0.15) is 0 Å². The molecule has 0 atom stereocenters. The van der Waals surface area contributed by atoms with Gasteiger partial charge in [0.2, 0.25) is 0 Å². The quantitative estimate of drug-likeness (QED) is 0.926. The van der Waals surface area contributed by atoms with Crippen LogP contribution in [0, 0.1) is 11.6 Å². The summed E-state index contributed by atoms with van der Waals surface area (Å²) >= 11 is 1.36. The van der Waals surface area contributed by atoms with E-state index < -0.39 is 11.6 Å². The molecule has 6 heteroatoms. The van der Waals surface area contributed by atoms with Gasteiger partial charge in [-0.2, -0.15) is 5.10 Å². The molecule has 0 unspecified atom stereocenters. The molecule has 1 N–H and O–H groups in total. The van der Waals surface area contributed by atoms with Gasteiger partial charge in [-0.15, -0.1) is 0 Å². The van der Waals surface area contributed by atoms with Crippen molar-refractivity contribution in [3.8, 4) is 0 Å². The van der Waals surface area contributed by atoms with E-state index in [1.165, 1.54) is 11.8 Å². The highest BCUT2D eigenvalue weighted by Crippen LogP contribution is 2.32. The number of nitrogens with one attached hydrogen (secondary N) is 1. The predicted molar refractivity (Wildman–Crippen MR) is 66.5 cm³/mol. The van der Waals surface area contributed by atoms with Gasteiger partial charge >= 0.3 is 0 Å². The minimum atomic E-state index is -0.816. The lowest BCUT2D eigenvalue weighted by Crippen LogP contribution is -2.13. The van der Waals surface area contributed by atoms with Gasteiger partial charge in [-0.25, -0.2) is 8.78 Å². The molecule has 1 aromatic heterocycles. The van der Waals surface area contributed by atoms with Crippen molar-refractivity contribution in [3.05, 3.63) is 41.7 Å². The average Bonchev–Trinajstić information content (AvgIpc) is 2.81. The molecule has 2 rings (SSSR count). The molecule has 0 fully saturated rings. The van der Waals surface area contributed by atoms with Crippen molar-refractivity contribution in [1.82, 2.24) is 15.1 Å². The van der Waals surface area contributed by atoms with Crippen LogP contribution in [0.4, 0.5) is 8.78 Å². The number of halogens is 2. The fourth-order valence-electron chi connectivity index (χ4n) is 1.56. The van der Waals surface area contributed by atoms with Crippen molar-refractivity contribution in [2.45, 2.75) is 16.3 Å². The summed E-state index contributed by atoms with van der Waals surface area (Å²) in [4.78, 5) is 3.36. The van der Waals surface area contributed by atoms with E-state index in [2.05, 4.69) is 10.2 Å². The molecule has 0 aliphatic rings. The smallest absolute Gasteiger partial charge is 0.164 e. The van der Waals surface area contributed by atoms with Crippen molar-refractivity contribution >= 4 is 11.8 Å². The zero-order valence-electron chi connectivity index (χ0n) is 10.1. The number of rotatable bonds is 4. The molecular weight excluding hydrogens is 256 g/mol. The number of H-pyrrole nitrogens is 1. The zero-order chi connectivity index (χ0) is 13.1. The lowest BCUT2D eigenvalue weighted by Gasteiger charge is -2.14. The maximum atomic E-state index is 13.8. The second-order valence-electron chi connectivity index (χ2n) is 4.11. The Balaban J connectivity index is 2.36. The molecule has 0 spiro atoms. The Hall–Kier alpha value is -1.40. The molecule has 18 heavy (non-hydrogen) atoms. The summed E-state index contributed by atoms with van der Waals surface area (Å²) in [6.45, 7) is 0.351. The van der Waals surface area contributed by atoms with Crippen molar-refractivity contribution < 1.29 is 8.78 Å². The SMILES string of the molecule is CN(C)Cc1c(Sc2cn[nH]c2)ccc(F)c1F. The topological polar surface area (TPSA) is 31.9 Å². The first-order chi connectivity index (χ1) is 8.58. The molecular formula is C12H13F2N3S. The van der Waals surface area contributed by atoms with Crippen LogP contribution in [0.5, 0.6) is 0 Å². The molecule has 96 valence electrons.